The monoisotopic (exact) mass is 334 g/mol. The quantitative estimate of drug-likeness (QED) is 0.902. The zero-order chi connectivity index (χ0) is 16.4. The van der Waals surface area contributed by atoms with Crippen molar-refractivity contribution in [3.05, 3.63) is 41.2 Å². The number of hydrogen-bond donors (Lipinski definition) is 2. The molecule has 1 aromatic carbocycles. The van der Waals surface area contributed by atoms with Crippen LogP contribution in [0, 0.1) is 0 Å². The Morgan fingerprint density at radius 1 is 1.48 bits per heavy atom. The minimum Gasteiger partial charge on any atom is -0.506 e. The topological polar surface area (TPSA) is 70.4 Å². The van der Waals surface area contributed by atoms with E-state index in [1.807, 2.05) is 19.4 Å². The van der Waals surface area contributed by atoms with Gasteiger partial charge in [-0.05, 0) is 31.0 Å². The molecule has 23 heavy (non-hydrogen) atoms. The van der Waals surface area contributed by atoms with E-state index in [4.69, 9.17) is 11.6 Å². The standard InChI is InChI=1S/C16H19ClN4O2/c1-20-10-13(8-18-20)21-6-2-3-12(9-21)19-16(23)11-4-5-15(22)14(17)7-11/h4-5,7-8,10,12,22H,2-3,6,9H2,1H3,(H,19,23)/t12-/m1/s1. The van der Waals surface area contributed by atoms with Crippen LogP contribution in [0.15, 0.2) is 30.6 Å². The number of carbonyl (C=O) groups is 1. The van der Waals surface area contributed by atoms with Gasteiger partial charge >= 0.3 is 0 Å². The first kappa shape index (κ1) is 15.7. The van der Waals surface area contributed by atoms with Crippen LogP contribution in [0.2, 0.25) is 5.02 Å². The van der Waals surface area contributed by atoms with E-state index in [-0.39, 0.29) is 22.7 Å². The van der Waals surface area contributed by atoms with Gasteiger partial charge in [-0.3, -0.25) is 9.48 Å². The van der Waals surface area contributed by atoms with Crippen LogP contribution in [0.3, 0.4) is 0 Å². The van der Waals surface area contributed by atoms with Gasteiger partial charge in [0.25, 0.3) is 5.91 Å². The van der Waals surface area contributed by atoms with Crippen molar-refractivity contribution < 1.29 is 9.90 Å². The highest BCUT2D eigenvalue weighted by molar-refractivity contribution is 6.32. The van der Waals surface area contributed by atoms with Gasteiger partial charge in [0, 0.05) is 37.9 Å². The number of aromatic nitrogens is 2. The Morgan fingerprint density at radius 2 is 2.30 bits per heavy atom. The molecule has 1 aliphatic rings. The number of phenols is 1. The van der Waals surface area contributed by atoms with E-state index < -0.39 is 0 Å². The fourth-order valence-electron chi connectivity index (χ4n) is 2.82. The molecule has 7 heteroatoms. The van der Waals surface area contributed by atoms with Crippen molar-refractivity contribution in [2.24, 2.45) is 7.05 Å². The number of piperidine rings is 1. The third-order valence-electron chi connectivity index (χ3n) is 4.02. The van der Waals surface area contributed by atoms with Crippen LogP contribution in [0.4, 0.5) is 5.69 Å². The van der Waals surface area contributed by atoms with Gasteiger partial charge in [-0.2, -0.15) is 5.10 Å². The van der Waals surface area contributed by atoms with Gasteiger partial charge in [-0.1, -0.05) is 11.6 Å². The maximum atomic E-state index is 12.3. The molecule has 3 rings (SSSR count). The number of nitrogens with zero attached hydrogens (tertiary/aromatic N) is 3. The number of halogens is 1. The van der Waals surface area contributed by atoms with Crippen molar-refractivity contribution in [1.29, 1.82) is 0 Å². The van der Waals surface area contributed by atoms with Crippen molar-refractivity contribution in [2.75, 3.05) is 18.0 Å². The van der Waals surface area contributed by atoms with Gasteiger partial charge in [-0.15, -0.1) is 0 Å². The zero-order valence-electron chi connectivity index (χ0n) is 12.9. The molecule has 2 aromatic rings. The van der Waals surface area contributed by atoms with Gasteiger partial charge in [0.05, 0.1) is 16.9 Å². The predicted molar refractivity (Wildman–Crippen MR) is 89.0 cm³/mol. The van der Waals surface area contributed by atoms with Crippen molar-refractivity contribution >= 4 is 23.2 Å². The molecule has 0 saturated carbocycles. The van der Waals surface area contributed by atoms with E-state index in [2.05, 4.69) is 15.3 Å². The molecule has 0 radical (unpaired) electrons. The lowest BCUT2D eigenvalue weighted by atomic mass is 10.0. The van der Waals surface area contributed by atoms with Crippen LogP contribution < -0.4 is 10.2 Å². The summed E-state index contributed by atoms with van der Waals surface area (Å²) < 4.78 is 1.77. The fraction of sp³-hybridized carbons (Fsp3) is 0.375. The second kappa shape index (κ2) is 6.50. The molecule has 122 valence electrons. The Kier molecular flexibility index (Phi) is 4.43. The molecular formula is C16H19ClN4O2. The third-order valence-corrected chi connectivity index (χ3v) is 4.33. The number of aryl methyl sites for hydroxylation is 1. The molecule has 0 spiro atoms. The highest BCUT2D eigenvalue weighted by Crippen LogP contribution is 2.24. The number of rotatable bonds is 3. The summed E-state index contributed by atoms with van der Waals surface area (Å²) in [4.78, 5) is 14.6. The highest BCUT2D eigenvalue weighted by Gasteiger charge is 2.23. The average molecular weight is 335 g/mol. The summed E-state index contributed by atoms with van der Waals surface area (Å²) in [6.07, 6.45) is 5.76. The van der Waals surface area contributed by atoms with Crippen LogP contribution in [-0.2, 0) is 7.05 Å². The minimum atomic E-state index is -0.176. The smallest absolute Gasteiger partial charge is 0.251 e. The predicted octanol–water partition coefficient (Wildman–Crippen LogP) is 2.18. The summed E-state index contributed by atoms with van der Waals surface area (Å²) >= 11 is 5.86. The van der Waals surface area contributed by atoms with Crippen LogP contribution in [0.5, 0.6) is 5.75 Å². The van der Waals surface area contributed by atoms with Crippen molar-refractivity contribution in [2.45, 2.75) is 18.9 Å². The molecule has 2 heterocycles. The van der Waals surface area contributed by atoms with Gasteiger partial charge in [0.1, 0.15) is 5.75 Å². The third kappa shape index (κ3) is 3.59. The summed E-state index contributed by atoms with van der Waals surface area (Å²) in [6, 6.07) is 4.55. The Hall–Kier alpha value is -2.21. The van der Waals surface area contributed by atoms with E-state index in [1.54, 1.807) is 10.7 Å². The lowest BCUT2D eigenvalue weighted by Crippen LogP contribution is -2.47. The Balaban J connectivity index is 1.65. The maximum absolute atomic E-state index is 12.3. The fourth-order valence-corrected chi connectivity index (χ4v) is 3.00. The number of carbonyl (C=O) groups excluding carboxylic acids is 1. The number of amides is 1. The summed E-state index contributed by atoms with van der Waals surface area (Å²) in [5, 5.41) is 16.8. The lowest BCUT2D eigenvalue weighted by Gasteiger charge is -2.33. The second-order valence-electron chi connectivity index (χ2n) is 5.80. The van der Waals surface area contributed by atoms with E-state index >= 15 is 0 Å². The first-order valence-corrected chi connectivity index (χ1v) is 7.93. The molecule has 1 fully saturated rings. The Bertz CT molecular complexity index is 716. The Morgan fingerprint density at radius 3 is 3.00 bits per heavy atom. The number of nitrogens with one attached hydrogen (secondary N) is 1. The van der Waals surface area contributed by atoms with Gasteiger partial charge in [-0.25, -0.2) is 0 Å². The maximum Gasteiger partial charge on any atom is 0.251 e. The van der Waals surface area contributed by atoms with Crippen LogP contribution >= 0.6 is 11.6 Å². The summed E-state index contributed by atoms with van der Waals surface area (Å²) in [6.45, 7) is 1.71. The molecule has 1 saturated heterocycles. The molecule has 1 aliphatic heterocycles. The molecule has 1 amide bonds. The zero-order valence-corrected chi connectivity index (χ0v) is 13.6. The second-order valence-corrected chi connectivity index (χ2v) is 6.20. The van der Waals surface area contributed by atoms with E-state index in [9.17, 15) is 9.90 Å². The van der Waals surface area contributed by atoms with Crippen LogP contribution in [0.1, 0.15) is 23.2 Å². The van der Waals surface area contributed by atoms with Gasteiger partial charge in [0.2, 0.25) is 0 Å². The minimum absolute atomic E-state index is 0.0244. The number of benzene rings is 1. The molecule has 6 nitrogen and oxygen atoms in total. The SMILES string of the molecule is Cn1cc(N2CCC[C@@H](NC(=O)c3ccc(O)c(Cl)c3)C2)cn1. The number of anilines is 1. The number of aromatic hydroxyl groups is 1. The number of phenolic OH excluding ortho intramolecular Hbond substituents is 1. The first-order valence-electron chi connectivity index (χ1n) is 7.56. The largest absolute Gasteiger partial charge is 0.506 e. The summed E-state index contributed by atoms with van der Waals surface area (Å²) in [7, 11) is 1.89. The summed E-state index contributed by atoms with van der Waals surface area (Å²) in [5.41, 5.74) is 1.52. The van der Waals surface area contributed by atoms with Gasteiger partial charge < -0.3 is 15.3 Å². The first-order chi connectivity index (χ1) is 11.0. The van der Waals surface area contributed by atoms with Crippen LogP contribution in [0.25, 0.3) is 0 Å². The average Bonchev–Trinajstić information content (AvgIpc) is 2.97. The Labute approximate surface area is 139 Å². The molecule has 0 aliphatic carbocycles. The molecule has 1 aromatic heterocycles. The number of hydrogen-bond acceptors (Lipinski definition) is 4. The highest BCUT2D eigenvalue weighted by atomic mass is 35.5. The van der Waals surface area contributed by atoms with Crippen molar-refractivity contribution in [3.63, 3.8) is 0 Å². The molecule has 0 unspecified atom stereocenters. The lowest BCUT2D eigenvalue weighted by molar-refractivity contribution is 0.0933. The van der Waals surface area contributed by atoms with E-state index in [0.717, 1.165) is 31.6 Å². The summed E-state index contributed by atoms with van der Waals surface area (Å²) in [5.74, 6) is -0.200. The molecule has 0 bridgehead atoms. The van der Waals surface area contributed by atoms with Crippen LogP contribution in [-0.4, -0.2) is 39.9 Å². The molecule has 1 atom stereocenters. The van der Waals surface area contributed by atoms with Crippen molar-refractivity contribution in [3.8, 4) is 5.75 Å². The van der Waals surface area contributed by atoms with E-state index in [1.165, 1.54) is 12.1 Å². The van der Waals surface area contributed by atoms with Gasteiger partial charge in [0.15, 0.2) is 0 Å². The van der Waals surface area contributed by atoms with E-state index in [0.29, 0.717) is 5.56 Å². The molecule has 2 N–H and O–H groups in total. The normalized spacial score (nSPS) is 18.0. The van der Waals surface area contributed by atoms with Crippen molar-refractivity contribution in [1.82, 2.24) is 15.1 Å². The molecular weight excluding hydrogens is 316 g/mol.